The van der Waals surface area contributed by atoms with E-state index >= 15 is 0 Å². The lowest BCUT2D eigenvalue weighted by molar-refractivity contribution is -0.142. The molecule has 0 aliphatic rings. The normalized spacial score (nSPS) is 11.1. The second-order valence-corrected chi connectivity index (χ2v) is 7.12. The zero-order chi connectivity index (χ0) is 21.7. The van der Waals surface area contributed by atoms with Gasteiger partial charge in [-0.05, 0) is 31.6 Å². The third-order valence-electron chi connectivity index (χ3n) is 4.01. The molecule has 3 rings (SSSR count). The van der Waals surface area contributed by atoms with E-state index in [9.17, 15) is 9.59 Å². The van der Waals surface area contributed by atoms with E-state index in [4.69, 9.17) is 32.5 Å². The number of carbonyl (C=O) groups excluding carboxylic acids is 2. The van der Waals surface area contributed by atoms with E-state index in [1.165, 1.54) is 12.2 Å². The minimum atomic E-state index is -0.698. The van der Waals surface area contributed by atoms with Crippen LogP contribution in [-0.2, 0) is 20.9 Å². The van der Waals surface area contributed by atoms with Gasteiger partial charge in [-0.15, -0.1) is 0 Å². The number of nitrogens with one attached hydrogen (secondary N) is 1. The Morgan fingerprint density at radius 2 is 2.03 bits per heavy atom. The first-order valence-electron chi connectivity index (χ1n) is 8.88. The van der Waals surface area contributed by atoms with Crippen molar-refractivity contribution < 1.29 is 18.8 Å². The predicted molar refractivity (Wildman–Crippen MR) is 112 cm³/mol. The maximum atomic E-state index is 11.9. The number of carbonyl (C=O) groups is 2. The highest BCUT2D eigenvalue weighted by molar-refractivity contribution is 6.32. The fourth-order valence-electron chi connectivity index (χ4n) is 2.59. The highest BCUT2D eigenvalue weighted by atomic mass is 35.5. The van der Waals surface area contributed by atoms with Crippen LogP contribution in [0.1, 0.15) is 22.6 Å². The van der Waals surface area contributed by atoms with Gasteiger partial charge in [-0.25, -0.2) is 9.48 Å². The van der Waals surface area contributed by atoms with Crippen molar-refractivity contribution in [3.05, 3.63) is 69.2 Å². The summed E-state index contributed by atoms with van der Waals surface area (Å²) in [4.78, 5) is 23.7. The fraction of sp³-hybridized carbons (Fsp3) is 0.200. The number of aromatic nitrogens is 3. The van der Waals surface area contributed by atoms with Gasteiger partial charge in [0.25, 0.3) is 5.91 Å². The number of aryl methyl sites for hydroxylation is 2. The summed E-state index contributed by atoms with van der Waals surface area (Å²) >= 11 is 12.6. The van der Waals surface area contributed by atoms with E-state index in [0.29, 0.717) is 33.7 Å². The first kappa shape index (κ1) is 21.6. The van der Waals surface area contributed by atoms with Crippen LogP contribution in [0.25, 0.3) is 6.08 Å². The van der Waals surface area contributed by atoms with E-state index in [0.717, 1.165) is 5.56 Å². The molecule has 0 aliphatic carbocycles. The van der Waals surface area contributed by atoms with Crippen LogP contribution in [0.15, 0.2) is 40.9 Å². The predicted octanol–water partition coefficient (Wildman–Crippen LogP) is 4.04. The maximum Gasteiger partial charge on any atom is 0.331 e. The van der Waals surface area contributed by atoms with Crippen LogP contribution >= 0.6 is 23.2 Å². The molecule has 0 saturated carbocycles. The number of hydrogen-bond donors (Lipinski definition) is 1. The molecular formula is C20H18Cl2N4O4. The van der Waals surface area contributed by atoms with Crippen LogP contribution < -0.4 is 5.32 Å². The number of anilines is 1. The Bertz CT molecular complexity index is 1100. The van der Waals surface area contributed by atoms with Crippen molar-refractivity contribution in [2.24, 2.45) is 0 Å². The van der Waals surface area contributed by atoms with Crippen molar-refractivity contribution in [3.8, 4) is 0 Å². The molecule has 1 N–H and O–H groups in total. The highest BCUT2D eigenvalue weighted by Gasteiger charge is 2.13. The number of halogens is 2. The van der Waals surface area contributed by atoms with Gasteiger partial charge in [0.2, 0.25) is 0 Å². The van der Waals surface area contributed by atoms with Gasteiger partial charge >= 0.3 is 5.97 Å². The summed E-state index contributed by atoms with van der Waals surface area (Å²) in [6.07, 6.45) is 2.68. The molecule has 0 saturated heterocycles. The van der Waals surface area contributed by atoms with Crippen LogP contribution in [-0.4, -0.2) is 33.4 Å². The average molecular weight is 449 g/mol. The Balaban J connectivity index is 1.58. The molecule has 0 aliphatic heterocycles. The van der Waals surface area contributed by atoms with E-state index < -0.39 is 18.5 Å². The second-order valence-electron chi connectivity index (χ2n) is 6.35. The Labute approximate surface area is 182 Å². The summed E-state index contributed by atoms with van der Waals surface area (Å²) in [6, 6.07) is 8.94. The molecule has 3 aromatic rings. The number of amides is 1. The molecule has 8 nitrogen and oxygen atoms in total. The lowest BCUT2D eigenvalue weighted by Crippen LogP contribution is -2.20. The Morgan fingerprint density at radius 3 is 2.73 bits per heavy atom. The molecule has 0 atom stereocenters. The number of rotatable bonds is 7. The molecule has 156 valence electrons. The summed E-state index contributed by atoms with van der Waals surface area (Å²) in [5.74, 6) is -0.437. The maximum absolute atomic E-state index is 11.9. The van der Waals surface area contributed by atoms with Gasteiger partial charge < -0.3 is 14.6 Å². The van der Waals surface area contributed by atoms with Crippen LogP contribution in [0.3, 0.4) is 0 Å². The summed E-state index contributed by atoms with van der Waals surface area (Å²) in [5, 5.41) is 11.4. The molecule has 2 aromatic heterocycles. The number of ether oxygens (including phenoxy) is 1. The smallest absolute Gasteiger partial charge is 0.331 e. The summed E-state index contributed by atoms with van der Waals surface area (Å²) in [6.45, 7) is 3.39. The molecule has 0 bridgehead atoms. The van der Waals surface area contributed by atoms with Crippen LogP contribution in [0.2, 0.25) is 10.2 Å². The van der Waals surface area contributed by atoms with E-state index in [2.05, 4.69) is 15.6 Å². The highest BCUT2D eigenvalue weighted by Crippen LogP contribution is 2.24. The zero-order valence-electron chi connectivity index (χ0n) is 16.2. The van der Waals surface area contributed by atoms with Gasteiger partial charge in [-0.2, -0.15) is 5.10 Å². The molecule has 1 aromatic carbocycles. The Kier molecular flexibility index (Phi) is 6.91. The third kappa shape index (κ3) is 5.49. The third-order valence-corrected chi connectivity index (χ3v) is 4.78. The molecule has 2 heterocycles. The second kappa shape index (κ2) is 9.60. The first-order chi connectivity index (χ1) is 14.3. The van der Waals surface area contributed by atoms with Crippen molar-refractivity contribution in [2.45, 2.75) is 20.4 Å². The van der Waals surface area contributed by atoms with Gasteiger partial charge in [0.15, 0.2) is 12.4 Å². The van der Waals surface area contributed by atoms with Crippen LogP contribution in [0.4, 0.5) is 5.82 Å². The van der Waals surface area contributed by atoms with Gasteiger partial charge in [0.05, 0.1) is 12.2 Å². The van der Waals surface area contributed by atoms with Gasteiger partial charge in [0.1, 0.15) is 10.9 Å². The van der Waals surface area contributed by atoms with E-state index in [1.54, 1.807) is 30.7 Å². The summed E-state index contributed by atoms with van der Waals surface area (Å²) < 4.78 is 11.3. The number of hydrogen-bond acceptors (Lipinski definition) is 6. The van der Waals surface area contributed by atoms with Gasteiger partial charge in [0, 0.05) is 22.7 Å². The SMILES string of the molecule is Cc1cc(NC(=O)COC(=O)/C=C/c2c(C)nn(Cc3ccccc3Cl)c2Cl)no1. The monoisotopic (exact) mass is 448 g/mol. The lowest BCUT2D eigenvalue weighted by atomic mass is 10.2. The number of esters is 1. The Morgan fingerprint density at radius 1 is 1.27 bits per heavy atom. The van der Waals surface area contributed by atoms with E-state index in [-0.39, 0.29) is 5.82 Å². The number of benzene rings is 1. The van der Waals surface area contributed by atoms with Crippen LogP contribution in [0.5, 0.6) is 0 Å². The quantitative estimate of drug-likeness (QED) is 0.432. The van der Waals surface area contributed by atoms with Gasteiger partial charge in [-0.3, -0.25) is 4.79 Å². The van der Waals surface area contributed by atoms with Crippen molar-refractivity contribution >= 4 is 47.0 Å². The molecule has 1 amide bonds. The van der Waals surface area contributed by atoms with E-state index in [1.807, 2.05) is 18.2 Å². The largest absolute Gasteiger partial charge is 0.452 e. The topological polar surface area (TPSA) is 99.2 Å². The minimum absolute atomic E-state index is 0.248. The molecule has 0 unspecified atom stereocenters. The Hall–Kier alpha value is -3.10. The molecule has 0 spiro atoms. The standard InChI is InChI=1S/C20H18Cl2N4O4/c1-12-9-17(25-30-12)23-18(27)11-29-19(28)8-7-15-13(2)24-26(20(15)22)10-14-5-3-4-6-16(14)21/h3-9H,10-11H2,1-2H3,(H,23,25,27)/b8-7+. The van der Waals surface area contributed by atoms with Crippen LogP contribution in [0, 0.1) is 13.8 Å². The molecule has 0 radical (unpaired) electrons. The molecule has 30 heavy (non-hydrogen) atoms. The fourth-order valence-corrected chi connectivity index (χ4v) is 3.08. The van der Waals surface area contributed by atoms with Crippen molar-refractivity contribution in [1.29, 1.82) is 0 Å². The average Bonchev–Trinajstić information content (AvgIpc) is 3.23. The van der Waals surface area contributed by atoms with Crippen molar-refractivity contribution in [2.75, 3.05) is 11.9 Å². The van der Waals surface area contributed by atoms with Gasteiger partial charge in [-0.1, -0.05) is 46.6 Å². The molecule has 0 fully saturated rings. The van der Waals surface area contributed by atoms with Crippen molar-refractivity contribution in [3.63, 3.8) is 0 Å². The minimum Gasteiger partial charge on any atom is -0.452 e. The summed E-state index contributed by atoms with van der Waals surface area (Å²) in [5.41, 5.74) is 2.07. The van der Waals surface area contributed by atoms with Crippen molar-refractivity contribution in [1.82, 2.24) is 14.9 Å². The number of nitrogens with zero attached hydrogens (tertiary/aromatic N) is 3. The zero-order valence-corrected chi connectivity index (χ0v) is 17.7. The molecule has 10 heteroatoms. The molecular weight excluding hydrogens is 431 g/mol. The summed E-state index contributed by atoms with van der Waals surface area (Å²) in [7, 11) is 0. The first-order valence-corrected chi connectivity index (χ1v) is 9.63. The lowest BCUT2D eigenvalue weighted by Gasteiger charge is -2.05.